The fourth-order valence-corrected chi connectivity index (χ4v) is 4.18. The van der Waals surface area contributed by atoms with Gasteiger partial charge in [0.1, 0.15) is 5.58 Å². The summed E-state index contributed by atoms with van der Waals surface area (Å²) in [4.78, 5) is 14.9. The maximum atomic E-state index is 12.7. The monoisotopic (exact) mass is 413 g/mol. The van der Waals surface area contributed by atoms with Gasteiger partial charge in [-0.3, -0.25) is 9.69 Å². The first-order chi connectivity index (χ1) is 12.8. The highest BCUT2D eigenvalue weighted by atomic mass is 35.5. The molecule has 1 saturated heterocycles. The smallest absolute Gasteiger partial charge is 0.278 e. The molecule has 0 radical (unpaired) electrons. The molecule has 0 bridgehead atoms. The normalized spacial score (nSPS) is 19.0. The van der Waals surface area contributed by atoms with E-state index in [0.717, 1.165) is 25.9 Å². The van der Waals surface area contributed by atoms with Crippen LogP contribution in [0.2, 0.25) is 5.02 Å². The molecule has 0 unspecified atom stereocenters. The molecule has 0 amide bonds. The molecular formula is C18H24ClN3O4S. The van der Waals surface area contributed by atoms with E-state index < -0.39 is 10.2 Å². The van der Waals surface area contributed by atoms with E-state index in [0.29, 0.717) is 34.6 Å². The SMILES string of the molecule is CN(C)S(=O)(=O)NC[C@H]1CCCN(Cc2coc3ccc(Cl)cc3c2=O)C1. The van der Waals surface area contributed by atoms with Gasteiger partial charge < -0.3 is 4.42 Å². The summed E-state index contributed by atoms with van der Waals surface area (Å²) in [5, 5.41) is 0.977. The Morgan fingerprint density at radius 3 is 2.89 bits per heavy atom. The van der Waals surface area contributed by atoms with Gasteiger partial charge in [-0.15, -0.1) is 0 Å². The highest BCUT2D eigenvalue weighted by Crippen LogP contribution is 2.20. The molecule has 1 aromatic heterocycles. The van der Waals surface area contributed by atoms with Crippen LogP contribution in [0.4, 0.5) is 0 Å². The lowest BCUT2D eigenvalue weighted by atomic mass is 9.98. The maximum Gasteiger partial charge on any atom is 0.278 e. The fraction of sp³-hybridized carbons (Fsp3) is 0.500. The van der Waals surface area contributed by atoms with Crippen molar-refractivity contribution in [2.24, 2.45) is 5.92 Å². The van der Waals surface area contributed by atoms with Crippen LogP contribution in [0.15, 0.2) is 33.7 Å². The average Bonchev–Trinajstić information content (AvgIpc) is 2.63. The number of nitrogens with one attached hydrogen (secondary N) is 1. The molecule has 27 heavy (non-hydrogen) atoms. The van der Waals surface area contributed by atoms with E-state index in [4.69, 9.17) is 16.0 Å². The van der Waals surface area contributed by atoms with Crippen LogP contribution >= 0.6 is 11.6 Å². The van der Waals surface area contributed by atoms with Crippen LogP contribution in [0.1, 0.15) is 18.4 Å². The van der Waals surface area contributed by atoms with Gasteiger partial charge in [0.25, 0.3) is 10.2 Å². The van der Waals surface area contributed by atoms with Gasteiger partial charge in [0, 0.05) is 44.3 Å². The van der Waals surface area contributed by atoms with E-state index in [1.807, 2.05) is 0 Å². The number of fused-ring (bicyclic) bond motifs is 1. The summed E-state index contributed by atoms with van der Waals surface area (Å²) >= 11 is 6.00. The lowest BCUT2D eigenvalue weighted by Crippen LogP contribution is -2.43. The molecule has 2 aromatic rings. The zero-order chi connectivity index (χ0) is 19.6. The van der Waals surface area contributed by atoms with Crippen molar-refractivity contribution in [1.29, 1.82) is 0 Å². The van der Waals surface area contributed by atoms with E-state index in [9.17, 15) is 13.2 Å². The van der Waals surface area contributed by atoms with Crippen molar-refractivity contribution in [3.63, 3.8) is 0 Å². The van der Waals surface area contributed by atoms with Crippen molar-refractivity contribution in [3.8, 4) is 0 Å². The Labute approximate surface area is 164 Å². The predicted octanol–water partition coefficient (Wildman–Crippen LogP) is 2.05. The van der Waals surface area contributed by atoms with Crippen molar-refractivity contribution in [3.05, 3.63) is 45.3 Å². The van der Waals surface area contributed by atoms with Crippen molar-refractivity contribution in [2.45, 2.75) is 19.4 Å². The Kier molecular flexibility index (Phi) is 6.22. The van der Waals surface area contributed by atoms with E-state index in [2.05, 4.69) is 9.62 Å². The zero-order valence-electron chi connectivity index (χ0n) is 15.4. The fourth-order valence-electron chi connectivity index (χ4n) is 3.31. The second-order valence-corrected chi connectivity index (χ2v) is 9.52. The van der Waals surface area contributed by atoms with Gasteiger partial charge in [0.05, 0.1) is 11.6 Å². The Morgan fingerprint density at radius 1 is 1.37 bits per heavy atom. The van der Waals surface area contributed by atoms with Gasteiger partial charge >= 0.3 is 0 Å². The van der Waals surface area contributed by atoms with Crippen LogP contribution in [0.5, 0.6) is 0 Å². The Balaban J connectivity index is 1.68. The van der Waals surface area contributed by atoms with Crippen LogP contribution in [-0.4, -0.2) is 51.4 Å². The number of likely N-dealkylation sites (tertiary alicyclic amines) is 1. The summed E-state index contributed by atoms with van der Waals surface area (Å²) in [6, 6.07) is 5.01. The van der Waals surface area contributed by atoms with Gasteiger partial charge in [-0.2, -0.15) is 12.7 Å². The van der Waals surface area contributed by atoms with Crippen molar-refractivity contribution in [2.75, 3.05) is 33.7 Å². The standard InChI is InChI=1S/C18H24ClN3O4S/c1-21(2)27(24,25)20-9-13-4-3-7-22(10-13)11-14-12-26-17-6-5-15(19)8-16(17)18(14)23/h5-6,8,12-13,20H,3-4,7,9-11H2,1-2H3/t13-/m1/s1. The number of nitrogens with zero attached hydrogens (tertiary/aromatic N) is 2. The highest BCUT2D eigenvalue weighted by Gasteiger charge is 2.23. The lowest BCUT2D eigenvalue weighted by Gasteiger charge is -2.32. The molecule has 148 valence electrons. The van der Waals surface area contributed by atoms with Crippen molar-refractivity contribution < 1.29 is 12.8 Å². The second kappa shape index (κ2) is 8.28. The molecular weight excluding hydrogens is 390 g/mol. The third kappa shape index (κ3) is 4.89. The highest BCUT2D eigenvalue weighted by molar-refractivity contribution is 7.87. The molecule has 1 N–H and O–H groups in total. The first-order valence-electron chi connectivity index (χ1n) is 8.85. The van der Waals surface area contributed by atoms with Crippen molar-refractivity contribution in [1.82, 2.24) is 13.9 Å². The van der Waals surface area contributed by atoms with Gasteiger partial charge in [0.2, 0.25) is 0 Å². The minimum Gasteiger partial charge on any atom is -0.464 e. The summed E-state index contributed by atoms with van der Waals surface area (Å²) in [6.45, 7) is 2.45. The molecule has 1 aliphatic rings. The largest absolute Gasteiger partial charge is 0.464 e. The lowest BCUT2D eigenvalue weighted by molar-refractivity contribution is 0.167. The Bertz CT molecular complexity index is 974. The summed E-state index contributed by atoms with van der Waals surface area (Å²) < 4.78 is 33.1. The van der Waals surface area contributed by atoms with Gasteiger partial charge in [-0.05, 0) is 43.5 Å². The van der Waals surface area contributed by atoms with Crippen LogP contribution in [0.3, 0.4) is 0 Å². The third-order valence-corrected chi connectivity index (χ3v) is 6.57. The molecule has 0 saturated carbocycles. The van der Waals surface area contributed by atoms with E-state index in [1.165, 1.54) is 24.7 Å². The van der Waals surface area contributed by atoms with Crippen LogP contribution in [0.25, 0.3) is 11.0 Å². The molecule has 1 aliphatic heterocycles. The number of benzene rings is 1. The molecule has 0 spiro atoms. The Morgan fingerprint density at radius 2 is 2.15 bits per heavy atom. The molecule has 7 nitrogen and oxygen atoms in total. The summed E-state index contributed by atoms with van der Waals surface area (Å²) in [6.07, 6.45) is 3.42. The van der Waals surface area contributed by atoms with Gasteiger partial charge in [-0.25, -0.2) is 4.72 Å². The first-order valence-corrected chi connectivity index (χ1v) is 10.7. The van der Waals surface area contributed by atoms with E-state index in [-0.39, 0.29) is 11.3 Å². The molecule has 1 atom stereocenters. The molecule has 9 heteroatoms. The van der Waals surface area contributed by atoms with E-state index in [1.54, 1.807) is 18.2 Å². The second-order valence-electron chi connectivity index (χ2n) is 7.11. The molecule has 1 fully saturated rings. The predicted molar refractivity (Wildman–Crippen MR) is 106 cm³/mol. The van der Waals surface area contributed by atoms with Crippen molar-refractivity contribution >= 4 is 32.8 Å². The molecule has 3 rings (SSSR count). The average molecular weight is 414 g/mol. The number of piperidine rings is 1. The van der Waals surface area contributed by atoms with Crippen LogP contribution in [-0.2, 0) is 16.8 Å². The quantitative estimate of drug-likeness (QED) is 0.783. The van der Waals surface area contributed by atoms with Crippen LogP contribution < -0.4 is 10.2 Å². The third-order valence-electron chi connectivity index (χ3n) is 4.84. The Hall–Kier alpha value is -1.45. The number of halogens is 1. The maximum absolute atomic E-state index is 12.7. The molecule has 2 heterocycles. The first kappa shape index (κ1) is 20.3. The minimum absolute atomic E-state index is 0.0748. The summed E-state index contributed by atoms with van der Waals surface area (Å²) in [5.41, 5.74) is 1.02. The van der Waals surface area contributed by atoms with Gasteiger partial charge in [-0.1, -0.05) is 11.6 Å². The van der Waals surface area contributed by atoms with Gasteiger partial charge in [0.15, 0.2) is 5.43 Å². The molecule has 0 aliphatic carbocycles. The zero-order valence-corrected chi connectivity index (χ0v) is 17.0. The minimum atomic E-state index is -3.42. The summed E-state index contributed by atoms with van der Waals surface area (Å²) in [7, 11) is -0.420. The number of hydrogen-bond acceptors (Lipinski definition) is 5. The van der Waals surface area contributed by atoms with Crippen LogP contribution in [0, 0.1) is 5.92 Å². The number of hydrogen-bond donors (Lipinski definition) is 1. The summed E-state index contributed by atoms with van der Waals surface area (Å²) in [5.74, 6) is 0.204. The topological polar surface area (TPSA) is 82.9 Å². The molecule has 1 aromatic carbocycles. The van der Waals surface area contributed by atoms with E-state index >= 15 is 0 Å². The number of rotatable bonds is 6.